The highest BCUT2D eigenvalue weighted by Crippen LogP contribution is 2.14. The Hall–Kier alpha value is -1.49. The fourth-order valence-corrected chi connectivity index (χ4v) is 1.31. The Morgan fingerprint density at radius 3 is 2.53 bits per heavy atom. The van der Waals surface area contributed by atoms with Crippen molar-refractivity contribution < 1.29 is 4.92 Å². The average molecular weight is 224 g/mol. The number of rotatable bonds is 4. The van der Waals surface area contributed by atoms with Crippen molar-refractivity contribution in [2.75, 3.05) is 11.6 Å². The summed E-state index contributed by atoms with van der Waals surface area (Å²) in [5, 5.41) is 13.5. The maximum Gasteiger partial charge on any atom is 0.318 e. The molecular formula is C10H12N2O2S. The van der Waals surface area contributed by atoms with Gasteiger partial charge in [-0.15, -0.1) is 0 Å². The lowest BCUT2D eigenvalue weighted by Crippen LogP contribution is -1.98. The van der Waals surface area contributed by atoms with Crippen LogP contribution in [0.5, 0.6) is 0 Å². The number of benzene rings is 1. The second-order valence-electron chi connectivity index (χ2n) is 2.95. The lowest BCUT2D eigenvalue weighted by molar-refractivity contribution is -0.410. The predicted octanol–water partition coefficient (Wildman–Crippen LogP) is 2.85. The molecule has 4 nitrogen and oxygen atoms in total. The summed E-state index contributed by atoms with van der Waals surface area (Å²) in [6.45, 7) is 1.99. The molecule has 0 fully saturated rings. The van der Waals surface area contributed by atoms with Crippen LogP contribution in [0.2, 0.25) is 0 Å². The van der Waals surface area contributed by atoms with E-state index >= 15 is 0 Å². The van der Waals surface area contributed by atoms with Crippen molar-refractivity contribution >= 4 is 17.4 Å². The molecule has 0 heterocycles. The van der Waals surface area contributed by atoms with Gasteiger partial charge >= 0.3 is 5.03 Å². The summed E-state index contributed by atoms with van der Waals surface area (Å²) in [6, 6.07) is 7.65. The normalized spacial score (nSPS) is 11.2. The first kappa shape index (κ1) is 11.6. The molecule has 1 rings (SSSR count). The minimum atomic E-state index is -0.411. The summed E-state index contributed by atoms with van der Waals surface area (Å²) in [5.74, 6) is 0. The van der Waals surface area contributed by atoms with Crippen LogP contribution in [0.1, 0.15) is 5.56 Å². The molecule has 0 aliphatic heterocycles. The third-order valence-electron chi connectivity index (χ3n) is 1.80. The summed E-state index contributed by atoms with van der Waals surface area (Å²) < 4.78 is 0. The van der Waals surface area contributed by atoms with Gasteiger partial charge in [0.25, 0.3) is 0 Å². The van der Waals surface area contributed by atoms with Crippen LogP contribution in [0.25, 0.3) is 0 Å². The van der Waals surface area contributed by atoms with Gasteiger partial charge in [0.1, 0.15) is 0 Å². The molecule has 80 valence electrons. The Morgan fingerprint density at radius 2 is 2.07 bits per heavy atom. The van der Waals surface area contributed by atoms with E-state index in [2.05, 4.69) is 5.32 Å². The van der Waals surface area contributed by atoms with Crippen molar-refractivity contribution in [2.45, 2.75) is 6.92 Å². The van der Waals surface area contributed by atoms with E-state index in [1.54, 1.807) is 6.26 Å². The van der Waals surface area contributed by atoms with Gasteiger partial charge in [-0.1, -0.05) is 29.5 Å². The molecule has 0 amide bonds. The van der Waals surface area contributed by atoms with Crippen LogP contribution in [0.3, 0.4) is 0 Å². The molecular weight excluding hydrogens is 212 g/mol. The predicted molar refractivity (Wildman–Crippen MR) is 63.4 cm³/mol. The van der Waals surface area contributed by atoms with Crippen molar-refractivity contribution in [1.29, 1.82) is 0 Å². The number of aryl methyl sites for hydroxylation is 1. The third-order valence-corrected chi connectivity index (χ3v) is 2.49. The van der Waals surface area contributed by atoms with Crippen molar-refractivity contribution in [3.63, 3.8) is 0 Å². The fourth-order valence-electron chi connectivity index (χ4n) is 0.981. The number of nitrogens with zero attached hydrogens (tertiary/aromatic N) is 1. The minimum Gasteiger partial charge on any atom is -0.355 e. The zero-order valence-electron chi connectivity index (χ0n) is 8.56. The molecule has 0 saturated carbocycles. The molecule has 15 heavy (non-hydrogen) atoms. The highest BCUT2D eigenvalue weighted by molar-refractivity contribution is 8.02. The topological polar surface area (TPSA) is 55.2 Å². The van der Waals surface area contributed by atoms with Crippen LogP contribution < -0.4 is 5.32 Å². The quantitative estimate of drug-likeness (QED) is 0.631. The summed E-state index contributed by atoms with van der Waals surface area (Å²) in [5.41, 5.74) is 2.00. The van der Waals surface area contributed by atoms with E-state index in [4.69, 9.17) is 0 Å². The fraction of sp³-hybridized carbons (Fsp3) is 0.200. The molecule has 0 atom stereocenters. The summed E-state index contributed by atoms with van der Waals surface area (Å²) >= 11 is 1.10. The Morgan fingerprint density at radius 1 is 1.47 bits per heavy atom. The molecule has 5 heteroatoms. The number of anilines is 1. The highest BCUT2D eigenvalue weighted by Gasteiger charge is 2.06. The van der Waals surface area contributed by atoms with E-state index in [9.17, 15) is 10.1 Å². The lowest BCUT2D eigenvalue weighted by atomic mass is 10.2. The molecule has 0 aliphatic rings. The Balaban J connectivity index is 2.70. The average Bonchev–Trinajstić information content (AvgIpc) is 2.21. The van der Waals surface area contributed by atoms with Gasteiger partial charge in [0.05, 0.1) is 11.1 Å². The summed E-state index contributed by atoms with van der Waals surface area (Å²) in [4.78, 5) is 10.1. The maximum absolute atomic E-state index is 10.5. The van der Waals surface area contributed by atoms with Gasteiger partial charge in [0.2, 0.25) is 0 Å². The minimum absolute atomic E-state index is 0.0931. The zero-order chi connectivity index (χ0) is 11.3. The smallest absolute Gasteiger partial charge is 0.318 e. The Labute approximate surface area is 92.5 Å². The number of thioether (sulfide) groups is 1. The van der Waals surface area contributed by atoms with Gasteiger partial charge < -0.3 is 5.32 Å². The van der Waals surface area contributed by atoms with E-state index < -0.39 is 4.92 Å². The van der Waals surface area contributed by atoms with E-state index in [1.807, 2.05) is 31.2 Å². The molecule has 0 unspecified atom stereocenters. The van der Waals surface area contributed by atoms with Gasteiger partial charge in [-0.05, 0) is 25.3 Å². The number of nitro groups is 1. The molecule has 1 N–H and O–H groups in total. The van der Waals surface area contributed by atoms with Crippen LogP contribution in [-0.4, -0.2) is 11.2 Å². The first-order chi connectivity index (χ1) is 7.13. The molecule has 1 aromatic carbocycles. The molecule has 0 spiro atoms. The number of nitrogens with one attached hydrogen (secondary N) is 1. The van der Waals surface area contributed by atoms with Gasteiger partial charge in [0.15, 0.2) is 0 Å². The number of hydrogen-bond acceptors (Lipinski definition) is 4. The zero-order valence-corrected chi connectivity index (χ0v) is 9.38. The second kappa shape index (κ2) is 5.41. The molecule has 0 aliphatic carbocycles. The van der Waals surface area contributed by atoms with Gasteiger partial charge in [0, 0.05) is 5.69 Å². The second-order valence-corrected chi connectivity index (χ2v) is 3.78. The molecule has 1 aromatic rings. The third kappa shape index (κ3) is 3.63. The molecule has 0 saturated heterocycles. The maximum atomic E-state index is 10.5. The Bertz CT molecular complexity index is 374. The summed E-state index contributed by atoms with van der Waals surface area (Å²) in [7, 11) is 0. The van der Waals surface area contributed by atoms with Crippen LogP contribution in [0, 0.1) is 17.0 Å². The summed E-state index contributed by atoms with van der Waals surface area (Å²) in [6.07, 6.45) is 3.07. The molecule has 0 bridgehead atoms. The van der Waals surface area contributed by atoms with Crippen LogP contribution in [0.15, 0.2) is 35.5 Å². The van der Waals surface area contributed by atoms with Crippen molar-refractivity contribution in [3.8, 4) is 0 Å². The lowest BCUT2D eigenvalue weighted by Gasteiger charge is -2.00. The molecule has 0 radical (unpaired) electrons. The highest BCUT2D eigenvalue weighted by atomic mass is 32.2. The van der Waals surface area contributed by atoms with Crippen molar-refractivity contribution in [2.24, 2.45) is 0 Å². The van der Waals surface area contributed by atoms with Gasteiger partial charge in [-0.3, -0.25) is 10.1 Å². The van der Waals surface area contributed by atoms with Crippen molar-refractivity contribution in [3.05, 3.63) is 51.2 Å². The van der Waals surface area contributed by atoms with E-state index in [1.165, 1.54) is 6.20 Å². The van der Waals surface area contributed by atoms with Crippen LogP contribution in [-0.2, 0) is 0 Å². The first-order valence-electron chi connectivity index (χ1n) is 4.35. The van der Waals surface area contributed by atoms with Crippen molar-refractivity contribution in [1.82, 2.24) is 0 Å². The van der Waals surface area contributed by atoms with Crippen LogP contribution in [0.4, 0.5) is 5.69 Å². The largest absolute Gasteiger partial charge is 0.355 e. The Kier molecular flexibility index (Phi) is 4.17. The van der Waals surface area contributed by atoms with Crippen LogP contribution >= 0.6 is 11.8 Å². The molecule has 0 aromatic heterocycles. The first-order valence-corrected chi connectivity index (χ1v) is 5.57. The van der Waals surface area contributed by atoms with Gasteiger partial charge in [-0.25, -0.2) is 0 Å². The standard InChI is InChI=1S/C10H12N2O2S/c1-8-3-5-9(6-4-8)11-7-10(15-2)12(13)14/h3-7,11H,1-2H3. The SMILES string of the molecule is CSC(=CNc1ccc(C)cc1)[N+](=O)[O-]. The number of hydrogen-bond donors (Lipinski definition) is 1. The van der Waals surface area contributed by atoms with Gasteiger partial charge in [-0.2, -0.15) is 0 Å². The van der Waals surface area contributed by atoms with E-state index in [0.717, 1.165) is 23.0 Å². The van der Waals surface area contributed by atoms with E-state index in [-0.39, 0.29) is 5.03 Å². The van der Waals surface area contributed by atoms with E-state index in [0.29, 0.717) is 0 Å². The monoisotopic (exact) mass is 224 g/mol.